The van der Waals surface area contributed by atoms with Crippen molar-refractivity contribution in [3.63, 3.8) is 0 Å². The Hall–Kier alpha value is -2.62. The summed E-state index contributed by atoms with van der Waals surface area (Å²) in [5.74, 6) is -0.547. The fraction of sp³-hybridized carbons (Fsp3) is 0.0909. The molecule has 0 saturated heterocycles. The number of hydrogen-bond acceptors (Lipinski definition) is 8. The molecule has 1 aromatic carbocycles. The SMILES string of the molecule is COc1cc(/C=N/NC(=O)c2nonc2N)cc(Br)c1O. The second-order valence-corrected chi connectivity index (χ2v) is 4.61. The zero-order chi connectivity index (χ0) is 15.4. The van der Waals surface area contributed by atoms with Gasteiger partial charge in [-0.05, 0) is 43.9 Å². The van der Waals surface area contributed by atoms with Gasteiger partial charge < -0.3 is 15.6 Å². The zero-order valence-electron chi connectivity index (χ0n) is 10.7. The van der Waals surface area contributed by atoms with Crippen LogP contribution in [0.25, 0.3) is 0 Å². The molecule has 2 aromatic rings. The van der Waals surface area contributed by atoms with Gasteiger partial charge in [-0.3, -0.25) is 4.79 Å². The number of aromatic hydroxyl groups is 1. The topological polar surface area (TPSA) is 136 Å². The quantitative estimate of drug-likeness (QED) is 0.547. The van der Waals surface area contributed by atoms with Crippen molar-refractivity contribution in [2.24, 2.45) is 5.10 Å². The molecule has 10 heteroatoms. The summed E-state index contributed by atoms with van der Waals surface area (Å²) < 4.78 is 9.72. The van der Waals surface area contributed by atoms with Crippen LogP contribution >= 0.6 is 15.9 Å². The van der Waals surface area contributed by atoms with Crippen LogP contribution in [-0.4, -0.2) is 34.7 Å². The highest BCUT2D eigenvalue weighted by atomic mass is 79.9. The Morgan fingerprint density at radius 3 is 2.95 bits per heavy atom. The zero-order valence-corrected chi connectivity index (χ0v) is 12.3. The number of benzene rings is 1. The van der Waals surface area contributed by atoms with Gasteiger partial charge in [0.1, 0.15) is 0 Å². The Morgan fingerprint density at radius 2 is 2.33 bits per heavy atom. The first-order valence-electron chi connectivity index (χ1n) is 5.51. The number of amides is 1. The van der Waals surface area contributed by atoms with E-state index in [1.807, 2.05) is 0 Å². The van der Waals surface area contributed by atoms with Gasteiger partial charge in [-0.1, -0.05) is 0 Å². The van der Waals surface area contributed by atoms with Crippen LogP contribution in [0, 0.1) is 0 Å². The highest BCUT2D eigenvalue weighted by molar-refractivity contribution is 9.10. The Labute approximate surface area is 126 Å². The fourth-order valence-corrected chi connectivity index (χ4v) is 1.86. The van der Waals surface area contributed by atoms with E-state index >= 15 is 0 Å². The maximum absolute atomic E-state index is 11.6. The number of hydrazone groups is 1. The number of aromatic nitrogens is 2. The summed E-state index contributed by atoms with van der Waals surface area (Å²) in [6.07, 6.45) is 1.36. The number of hydrogen-bond donors (Lipinski definition) is 3. The molecule has 1 amide bonds. The maximum atomic E-state index is 11.6. The first kappa shape index (κ1) is 14.8. The van der Waals surface area contributed by atoms with Crippen molar-refractivity contribution in [3.8, 4) is 11.5 Å². The fourth-order valence-electron chi connectivity index (χ4n) is 1.40. The van der Waals surface area contributed by atoms with Crippen LogP contribution in [0.5, 0.6) is 11.5 Å². The molecule has 0 fully saturated rings. The standard InChI is InChI=1S/C11H10BrN5O4/c1-20-7-3-5(2-6(12)9(7)18)4-14-15-11(19)8-10(13)17-21-16-8/h2-4,18H,1H3,(H2,13,17)(H,15,19)/b14-4+. The minimum atomic E-state index is -0.658. The third-order valence-corrected chi connectivity index (χ3v) is 2.98. The molecule has 1 heterocycles. The molecule has 4 N–H and O–H groups in total. The van der Waals surface area contributed by atoms with E-state index in [1.165, 1.54) is 13.3 Å². The summed E-state index contributed by atoms with van der Waals surface area (Å²) in [5, 5.41) is 20.0. The molecule has 1 aromatic heterocycles. The molecule has 0 radical (unpaired) electrons. The Kier molecular flexibility index (Phi) is 4.38. The third kappa shape index (κ3) is 3.28. The van der Waals surface area contributed by atoms with Gasteiger partial charge in [0.15, 0.2) is 11.5 Å². The van der Waals surface area contributed by atoms with E-state index in [1.54, 1.807) is 12.1 Å². The minimum Gasteiger partial charge on any atom is -0.503 e. The summed E-state index contributed by atoms with van der Waals surface area (Å²) in [7, 11) is 1.42. The highest BCUT2D eigenvalue weighted by Gasteiger charge is 2.15. The third-order valence-electron chi connectivity index (χ3n) is 2.38. The molecule has 0 aliphatic rings. The summed E-state index contributed by atoms with van der Waals surface area (Å²) in [5.41, 5.74) is 8.01. The number of ether oxygens (including phenoxy) is 1. The molecule has 0 aliphatic heterocycles. The van der Waals surface area contributed by atoms with Crippen LogP contribution in [0.4, 0.5) is 5.82 Å². The van der Waals surface area contributed by atoms with E-state index in [-0.39, 0.29) is 23.0 Å². The van der Waals surface area contributed by atoms with Crippen molar-refractivity contribution < 1.29 is 19.3 Å². The highest BCUT2D eigenvalue weighted by Crippen LogP contribution is 2.34. The van der Waals surface area contributed by atoms with Gasteiger partial charge in [0, 0.05) is 0 Å². The van der Waals surface area contributed by atoms with Crippen LogP contribution in [0.15, 0.2) is 26.3 Å². The van der Waals surface area contributed by atoms with Crippen LogP contribution in [-0.2, 0) is 0 Å². The number of methoxy groups -OCH3 is 1. The van der Waals surface area contributed by atoms with Crippen molar-refractivity contribution in [3.05, 3.63) is 27.9 Å². The molecule has 110 valence electrons. The number of phenols is 1. The van der Waals surface area contributed by atoms with Crippen molar-refractivity contribution in [1.82, 2.24) is 15.7 Å². The van der Waals surface area contributed by atoms with Gasteiger partial charge in [-0.25, -0.2) is 10.1 Å². The maximum Gasteiger partial charge on any atom is 0.297 e. The predicted octanol–water partition coefficient (Wildman–Crippen LogP) is 0.892. The number of carbonyl (C=O) groups is 1. The lowest BCUT2D eigenvalue weighted by Crippen LogP contribution is -2.19. The molecule has 0 spiro atoms. The van der Waals surface area contributed by atoms with E-state index in [0.29, 0.717) is 10.0 Å². The number of anilines is 1. The Balaban J connectivity index is 2.10. The van der Waals surface area contributed by atoms with E-state index in [9.17, 15) is 9.90 Å². The second kappa shape index (κ2) is 6.22. The number of nitrogens with one attached hydrogen (secondary N) is 1. The van der Waals surface area contributed by atoms with E-state index in [4.69, 9.17) is 10.5 Å². The number of phenolic OH excluding ortho intramolecular Hbond substituents is 1. The molecule has 2 rings (SSSR count). The van der Waals surface area contributed by atoms with Crippen molar-refractivity contribution in [2.45, 2.75) is 0 Å². The molecule has 0 aliphatic carbocycles. The molecule has 0 bridgehead atoms. The second-order valence-electron chi connectivity index (χ2n) is 3.75. The average Bonchev–Trinajstić information content (AvgIpc) is 2.88. The van der Waals surface area contributed by atoms with E-state index in [2.05, 4.69) is 41.4 Å². The lowest BCUT2D eigenvalue weighted by molar-refractivity contribution is 0.0946. The van der Waals surface area contributed by atoms with Gasteiger partial charge in [-0.2, -0.15) is 5.10 Å². The van der Waals surface area contributed by atoms with Crippen LogP contribution in [0.2, 0.25) is 0 Å². The molecular formula is C11H10BrN5O4. The lowest BCUT2D eigenvalue weighted by atomic mass is 10.2. The van der Waals surface area contributed by atoms with Gasteiger partial charge in [-0.15, -0.1) is 0 Å². The largest absolute Gasteiger partial charge is 0.503 e. The summed E-state index contributed by atoms with van der Waals surface area (Å²) in [6.45, 7) is 0. The van der Waals surface area contributed by atoms with Crippen LogP contribution in [0.1, 0.15) is 16.1 Å². The smallest absolute Gasteiger partial charge is 0.297 e. The normalized spacial score (nSPS) is 10.8. The predicted molar refractivity (Wildman–Crippen MR) is 76.1 cm³/mol. The number of carbonyl (C=O) groups excluding carboxylic acids is 1. The van der Waals surface area contributed by atoms with Gasteiger partial charge >= 0.3 is 0 Å². The van der Waals surface area contributed by atoms with Crippen molar-refractivity contribution >= 4 is 33.9 Å². The van der Waals surface area contributed by atoms with Crippen LogP contribution < -0.4 is 15.9 Å². The molecular weight excluding hydrogens is 346 g/mol. The number of nitrogen functional groups attached to an aromatic ring is 1. The molecule has 0 saturated carbocycles. The van der Waals surface area contributed by atoms with E-state index in [0.717, 1.165) is 0 Å². The summed E-state index contributed by atoms with van der Waals surface area (Å²) >= 11 is 3.17. The minimum absolute atomic E-state index is 0.0277. The van der Waals surface area contributed by atoms with Gasteiger partial charge in [0.25, 0.3) is 5.91 Å². The number of rotatable bonds is 4. The Morgan fingerprint density at radius 1 is 1.57 bits per heavy atom. The van der Waals surface area contributed by atoms with Crippen molar-refractivity contribution in [2.75, 3.05) is 12.8 Å². The Bertz CT molecular complexity index is 700. The number of halogens is 1. The van der Waals surface area contributed by atoms with Gasteiger partial charge in [0.05, 0.1) is 17.8 Å². The van der Waals surface area contributed by atoms with Gasteiger partial charge in [0.2, 0.25) is 11.5 Å². The summed E-state index contributed by atoms with van der Waals surface area (Å²) in [4.78, 5) is 11.6. The molecule has 0 atom stereocenters. The summed E-state index contributed by atoms with van der Waals surface area (Å²) in [6, 6.07) is 3.14. The molecule has 21 heavy (non-hydrogen) atoms. The monoisotopic (exact) mass is 355 g/mol. The van der Waals surface area contributed by atoms with E-state index < -0.39 is 5.91 Å². The first-order chi connectivity index (χ1) is 10.0. The number of nitrogens with two attached hydrogens (primary N) is 1. The molecule has 0 unspecified atom stereocenters. The first-order valence-corrected chi connectivity index (χ1v) is 6.30. The average molecular weight is 356 g/mol. The molecule has 9 nitrogen and oxygen atoms in total. The lowest BCUT2D eigenvalue weighted by Gasteiger charge is -2.06. The van der Waals surface area contributed by atoms with Crippen LogP contribution in [0.3, 0.4) is 0 Å². The number of nitrogens with zero attached hydrogens (tertiary/aromatic N) is 3. The van der Waals surface area contributed by atoms with Crippen molar-refractivity contribution in [1.29, 1.82) is 0 Å².